The van der Waals surface area contributed by atoms with Crippen molar-refractivity contribution < 1.29 is 19.4 Å². The zero-order chi connectivity index (χ0) is 41.2. The monoisotopic (exact) mass is 787 g/mol. The first-order valence-corrected chi connectivity index (χ1v) is 23.6. The van der Waals surface area contributed by atoms with Crippen LogP contribution in [-0.4, -0.2) is 30.1 Å². The van der Waals surface area contributed by atoms with Crippen molar-refractivity contribution in [2.24, 2.45) is 11.8 Å². The highest BCUT2D eigenvalue weighted by molar-refractivity contribution is 6.08. The Balaban J connectivity index is 1.05. The number of carbonyl (C=O) groups excluding carboxylic acids is 2. The molecule has 1 N–H and O–H groups in total. The zero-order valence-corrected chi connectivity index (χ0v) is 37.2. The molecular formula is C54H74O4. The Bertz CT molecular complexity index is 1900. The molecule has 0 radical (unpaired) electrons. The minimum Gasteiger partial charge on any atom is -0.466 e. The Kier molecular flexibility index (Phi) is 16.1. The van der Waals surface area contributed by atoms with E-state index in [1.807, 2.05) is 0 Å². The average molecular weight is 787 g/mol. The van der Waals surface area contributed by atoms with Gasteiger partial charge in [0.1, 0.15) is 0 Å². The van der Waals surface area contributed by atoms with Gasteiger partial charge in [-0.3, -0.25) is 9.59 Å². The third-order valence-corrected chi connectivity index (χ3v) is 14.4. The molecule has 0 aliphatic heterocycles. The molecule has 0 aromatic rings. The van der Waals surface area contributed by atoms with E-state index in [1.54, 1.807) is 0 Å². The standard InChI is InChI=1S/C54H74O4/c1-7-9-10-11-12-13-14-15-16-17-18-19-20-21-22-23-26-58-53(57)25-24-47-37(4)42-27-40-29-45(51(35-55)38(40)5)30-41-28-44(46(8-2)36(41)3)31-43-33-50-49(48(47)32-42)34-52(56)54(50)39(43)6/h27-28,30-32,37,47,55H,7-26,29,33-35H2,1-6H3/t37-,47+/m1/s1. The molecule has 2 atom stereocenters. The van der Waals surface area contributed by atoms with Crippen molar-refractivity contribution in [1.82, 2.24) is 0 Å². The van der Waals surface area contributed by atoms with Crippen LogP contribution < -0.4 is 0 Å². The number of ketones is 1. The van der Waals surface area contributed by atoms with Gasteiger partial charge in [0, 0.05) is 18.4 Å². The second-order valence-corrected chi connectivity index (χ2v) is 18.3. The van der Waals surface area contributed by atoms with Crippen molar-refractivity contribution in [3.8, 4) is 0 Å². The number of ether oxygens (including phenoxy) is 1. The van der Waals surface area contributed by atoms with Gasteiger partial charge < -0.3 is 9.84 Å². The Labute approximate surface area is 351 Å². The number of unbranched alkanes of at least 4 members (excludes halogenated alkanes) is 15. The summed E-state index contributed by atoms with van der Waals surface area (Å²) in [6, 6.07) is 0. The fourth-order valence-electron chi connectivity index (χ4n) is 10.7. The van der Waals surface area contributed by atoms with Crippen molar-refractivity contribution >= 4 is 11.8 Å². The maximum absolute atomic E-state index is 13.8. The number of Topliss-reactive ketones (excluding diaryl/α,β-unsaturated/α-hetero) is 1. The highest BCUT2D eigenvalue weighted by Crippen LogP contribution is 2.52. The lowest BCUT2D eigenvalue weighted by Crippen LogP contribution is -2.15. The Morgan fingerprint density at radius 2 is 1.31 bits per heavy atom. The molecule has 6 rings (SSSR count). The number of hydrogen-bond donors (Lipinski definition) is 1. The number of aliphatic hydroxyl groups excluding tert-OH is 1. The van der Waals surface area contributed by atoms with Gasteiger partial charge in [-0.15, -0.1) is 0 Å². The van der Waals surface area contributed by atoms with Gasteiger partial charge in [0.05, 0.1) is 13.2 Å². The summed E-state index contributed by atoms with van der Waals surface area (Å²) in [5, 5.41) is 10.6. The molecule has 0 amide bonds. The fraction of sp³-hybridized carbons (Fsp3) is 0.593. The summed E-state index contributed by atoms with van der Waals surface area (Å²) in [7, 11) is 0. The second kappa shape index (κ2) is 21.1. The van der Waals surface area contributed by atoms with Gasteiger partial charge in [-0.1, -0.05) is 141 Å². The molecule has 314 valence electrons. The van der Waals surface area contributed by atoms with Crippen molar-refractivity contribution in [3.63, 3.8) is 0 Å². The van der Waals surface area contributed by atoms with Crippen LogP contribution in [0.1, 0.15) is 183 Å². The van der Waals surface area contributed by atoms with E-state index in [9.17, 15) is 14.7 Å². The van der Waals surface area contributed by atoms with Crippen molar-refractivity contribution in [1.29, 1.82) is 0 Å². The largest absolute Gasteiger partial charge is 0.466 e. The van der Waals surface area contributed by atoms with Crippen LogP contribution in [0, 0.1) is 11.8 Å². The number of aliphatic hydroxyl groups is 1. The lowest BCUT2D eigenvalue weighted by Gasteiger charge is -2.22. The minimum absolute atomic E-state index is 0.0214. The Hall–Kier alpha value is -3.50. The molecule has 0 aromatic heterocycles. The van der Waals surface area contributed by atoms with E-state index in [0.717, 1.165) is 54.4 Å². The van der Waals surface area contributed by atoms with Crippen molar-refractivity contribution in [2.45, 2.75) is 183 Å². The van der Waals surface area contributed by atoms with Crippen LogP contribution in [0.25, 0.3) is 0 Å². The number of allylic oxidation sites excluding steroid dienone is 18. The van der Waals surface area contributed by atoms with Crippen LogP contribution in [0.5, 0.6) is 0 Å². The van der Waals surface area contributed by atoms with Gasteiger partial charge in [0.25, 0.3) is 0 Å². The molecule has 0 fully saturated rings. The predicted molar refractivity (Wildman–Crippen MR) is 241 cm³/mol. The molecule has 0 heterocycles. The second-order valence-electron chi connectivity index (χ2n) is 18.3. The molecule has 58 heavy (non-hydrogen) atoms. The summed E-state index contributed by atoms with van der Waals surface area (Å²) in [6.45, 7) is 13.8. The van der Waals surface area contributed by atoms with E-state index < -0.39 is 0 Å². The number of carbonyl (C=O) groups is 2. The summed E-state index contributed by atoms with van der Waals surface area (Å²) < 4.78 is 5.81. The number of hydrogen-bond acceptors (Lipinski definition) is 4. The highest BCUT2D eigenvalue weighted by Gasteiger charge is 2.41. The quantitative estimate of drug-likeness (QED) is 0.0877. The SMILES string of the molecule is CCCCCCCCCCCCCCCCCCOC(=O)CC[C@@H]1C2=CC(=CC3=C(C)C(CO)=C(C=C4C=C(C=C5CC6=C2CC(=O)C6=C5C)C(CC)=C4C)C3)[C@H]1C. The van der Waals surface area contributed by atoms with E-state index in [1.165, 1.54) is 151 Å². The van der Waals surface area contributed by atoms with Gasteiger partial charge in [-0.2, -0.15) is 0 Å². The van der Waals surface area contributed by atoms with Crippen LogP contribution in [-0.2, 0) is 14.3 Å². The van der Waals surface area contributed by atoms with Gasteiger partial charge in [0.2, 0.25) is 0 Å². The molecule has 4 heteroatoms. The highest BCUT2D eigenvalue weighted by atomic mass is 16.5. The molecule has 0 unspecified atom stereocenters. The first-order valence-electron chi connectivity index (χ1n) is 23.6. The third kappa shape index (κ3) is 10.3. The molecule has 4 nitrogen and oxygen atoms in total. The summed E-state index contributed by atoms with van der Waals surface area (Å²) in [6.07, 6.45) is 36.9. The summed E-state index contributed by atoms with van der Waals surface area (Å²) in [5.74, 6) is 0.464. The molecular weight excluding hydrogens is 713 g/mol. The van der Waals surface area contributed by atoms with Crippen LogP contribution in [0.3, 0.4) is 0 Å². The van der Waals surface area contributed by atoms with E-state index in [4.69, 9.17) is 4.74 Å². The molecule has 6 aliphatic carbocycles. The fourth-order valence-corrected chi connectivity index (χ4v) is 10.7. The normalized spacial score (nSPS) is 21.5. The van der Waals surface area contributed by atoms with E-state index in [2.05, 4.69) is 71.9 Å². The summed E-state index contributed by atoms with van der Waals surface area (Å²) in [4.78, 5) is 27.0. The lowest BCUT2D eigenvalue weighted by atomic mass is 9.82. The summed E-state index contributed by atoms with van der Waals surface area (Å²) >= 11 is 0. The lowest BCUT2D eigenvalue weighted by molar-refractivity contribution is -0.144. The topological polar surface area (TPSA) is 63.6 Å². The van der Waals surface area contributed by atoms with E-state index in [0.29, 0.717) is 25.9 Å². The zero-order valence-electron chi connectivity index (χ0n) is 37.2. The summed E-state index contributed by atoms with van der Waals surface area (Å²) in [5.41, 5.74) is 17.9. The van der Waals surface area contributed by atoms with Gasteiger partial charge in [0.15, 0.2) is 5.78 Å². The minimum atomic E-state index is -0.104. The van der Waals surface area contributed by atoms with Crippen molar-refractivity contribution in [3.05, 3.63) is 114 Å². The number of fused-ring (bicyclic) bond motifs is 6. The molecule has 0 spiro atoms. The molecule has 0 saturated carbocycles. The van der Waals surface area contributed by atoms with E-state index >= 15 is 0 Å². The number of esters is 1. The predicted octanol–water partition coefficient (Wildman–Crippen LogP) is 14.2. The van der Waals surface area contributed by atoms with Gasteiger partial charge in [-0.05, 0) is 149 Å². The maximum atomic E-state index is 13.8. The molecule has 6 aliphatic rings. The smallest absolute Gasteiger partial charge is 0.305 e. The number of rotatable bonds is 22. The van der Waals surface area contributed by atoms with E-state index in [-0.39, 0.29) is 30.2 Å². The molecule has 8 bridgehead atoms. The first-order chi connectivity index (χ1) is 28.2. The Morgan fingerprint density at radius 3 is 1.93 bits per heavy atom. The average Bonchev–Trinajstić information content (AvgIpc) is 3.97. The van der Waals surface area contributed by atoms with Crippen LogP contribution >= 0.6 is 0 Å². The van der Waals surface area contributed by atoms with Crippen LogP contribution in [0.15, 0.2) is 114 Å². The van der Waals surface area contributed by atoms with Crippen LogP contribution in [0.4, 0.5) is 0 Å². The molecule has 0 saturated heterocycles. The maximum Gasteiger partial charge on any atom is 0.305 e. The first kappa shape index (κ1) is 44.1. The molecule has 0 aromatic carbocycles. The third-order valence-electron chi connectivity index (χ3n) is 14.4. The van der Waals surface area contributed by atoms with Crippen LogP contribution in [0.2, 0.25) is 0 Å². The van der Waals surface area contributed by atoms with Gasteiger partial charge >= 0.3 is 5.97 Å². The van der Waals surface area contributed by atoms with Crippen molar-refractivity contribution in [2.75, 3.05) is 13.2 Å². The Morgan fingerprint density at radius 1 is 0.672 bits per heavy atom. The van der Waals surface area contributed by atoms with Gasteiger partial charge in [-0.25, -0.2) is 0 Å².